The molecule has 0 bridgehead atoms. The van der Waals surface area contributed by atoms with Crippen molar-refractivity contribution < 1.29 is 0 Å². The van der Waals surface area contributed by atoms with E-state index in [1.54, 1.807) is 11.9 Å². The molecule has 0 aromatic carbocycles. The molecule has 0 fully saturated rings. The van der Waals surface area contributed by atoms with E-state index in [2.05, 4.69) is 36.8 Å². The lowest BCUT2D eigenvalue weighted by molar-refractivity contribution is 0.950. The van der Waals surface area contributed by atoms with Crippen molar-refractivity contribution in [3.05, 3.63) is 34.3 Å². The molecule has 1 N–H and O–H groups in total. The van der Waals surface area contributed by atoms with Crippen LogP contribution in [0.5, 0.6) is 0 Å². The van der Waals surface area contributed by atoms with Crippen LogP contribution in [0.1, 0.15) is 33.1 Å². The molecule has 0 spiro atoms. The third kappa shape index (κ3) is 2.76. The fraction of sp³-hybridized carbons (Fsp3) is 0.500. The van der Waals surface area contributed by atoms with Gasteiger partial charge in [-0.2, -0.15) is 0 Å². The van der Waals surface area contributed by atoms with Crippen molar-refractivity contribution >= 4 is 11.9 Å². The first-order valence-electron chi connectivity index (χ1n) is 5.22. The van der Waals surface area contributed by atoms with Gasteiger partial charge in [-0.3, -0.25) is 4.72 Å². The molecule has 78 valence electrons. The molecular formula is C12H19NS. The van der Waals surface area contributed by atoms with E-state index in [9.17, 15) is 0 Å². The lowest BCUT2D eigenvalue weighted by atomic mass is 9.95. The number of hydrogen-bond donors (Lipinski definition) is 1. The highest BCUT2D eigenvalue weighted by atomic mass is 32.2. The fourth-order valence-electron chi connectivity index (χ4n) is 1.73. The molecule has 0 saturated carbocycles. The number of hydrogen-bond acceptors (Lipinski definition) is 2. The normalized spacial score (nSPS) is 17.8. The Morgan fingerprint density at radius 1 is 1.57 bits per heavy atom. The van der Waals surface area contributed by atoms with Gasteiger partial charge in [0.2, 0.25) is 0 Å². The minimum atomic E-state index is 1.13. The standard InChI is InChI=1S/C12H19NS/c1-4-7-11-10(5-2)8-6-9-12(11)14-13-3/h4,7-8,13H,5-6,9H2,1-3H3/b7-4-. The summed E-state index contributed by atoms with van der Waals surface area (Å²) in [5, 5.41) is 0. The second-order valence-corrected chi connectivity index (χ2v) is 4.37. The van der Waals surface area contributed by atoms with E-state index in [1.165, 1.54) is 28.9 Å². The predicted molar refractivity (Wildman–Crippen MR) is 66.1 cm³/mol. The molecule has 0 radical (unpaired) electrons. The van der Waals surface area contributed by atoms with Gasteiger partial charge in [0.15, 0.2) is 0 Å². The van der Waals surface area contributed by atoms with E-state index in [-0.39, 0.29) is 0 Å². The van der Waals surface area contributed by atoms with E-state index < -0.39 is 0 Å². The Balaban J connectivity index is 2.95. The first kappa shape index (κ1) is 11.6. The van der Waals surface area contributed by atoms with Gasteiger partial charge in [-0.25, -0.2) is 0 Å². The molecule has 1 aliphatic carbocycles. The van der Waals surface area contributed by atoms with E-state index in [1.807, 2.05) is 7.05 Å². The van der Waals surface area contributed by atoms with Crippen LogP contribution in [0.4, 0.5) is 0 Å². The summed E-state index contributed by atoms with van der Waals surface area (Å²) >= 11 is 1.76. The quantitative estimate of drug-likeness (QED) is 0.707. The average Bonchev–Trinajstić information content (AvgIpc) is 2.21. The van der Waals surface area contributed by atoms with Crippen molar-refractivity contribution in [1.29, 1.82) is 0 Å². The Morgan fingerprint density at radius 3 is 2.93 bits per heavy atom. The van der Waals surface area contributed by atoms with Gasteiger partial charge in [-0.15, -0.1) is 0 Å². The molecule has 0 heterocycles. The Hall–Kier alpha value is -0.470. The zero-order chi connectivity index (χ0) is 10.4. The van der Waals surface area contributed by atoms with Crippen LogP contribution in [-0.4, -0.2) is 7.05 Å². The molecule has 1 nitrogen and oxygen atoms in total. The van der Waals surface area contributed by atoms with Crippen molar-refractivity contribution in [2.75, 3.05) is 7.05 Å². The van der Waals surface area contributed by atoms with Crippen LogP contribution in [-0.2, 0) is 0 Å². The minimum Gasteiger partial charge on any atom is -0.263 e. The zero-order valence-electron chi connectivity index (χ0n) is 9.26. The first-order chi connectivity index (χ1) is 6.83. The molecule has 1 rings (SSSR count). The Labute approximate surface area is 91.5 Å². The second-order valence-electron chi connectivity index (χ2n) is 3.26. The molecule has 0 atom stereocenters. The van der Waals surface area contributed by atoms with Crippen LogP contribution in [0.15, 0.2) is 34.3 Å². The van der Waals surface area contributed by atoms with Crippen molar-refractivity contribution in [1.82, 2.24) is 4.72 Å². The van der Waals surface area contributed by atoms with Gasteiger partial charge in [0.25, 0.3) is 0 Å². The highest BCUT2D eigenvalue weighted by molar-refractivity contribution is 8.01. The zero-order valence-corrected chi connectivity index (χ0v) is 10.1. The molecule has 0 saturated heterocycles. The maximum atomic E-state index is 3.17. The van der Waals surface area contributed by atoms with Crippen molar-refractivity contribution in [3.63, 3.8) is 0 Å². The SMILES string of the molecule is C/C=C\C1=C(SNC)CCC=C1CC. The summed E-state index contributed by atoms with van der Waals surface area (Å²) in [6, 6.07) is 0. The van der Waals surface area contributed by atoms with Crippen molar-refractivity contribution in [3.8, 4) is 0 Å². The molecule has 0 aliphatic heterocycles. The van der Waals surface area contributed by atoms with Crippen LogP contribution >= 0.6 is 11.9 Å². The molecule has 2 heteroatoms. The smallest absolute Gasteiger partial charge is 0.00811 e. The molecule has 0 amide bonds. The largest absolute Gasteiger partial charge is 0.263 e. The summed E-state index contributed by atoms with van der Waals surface area (Å²) in [7, 11) is 1.98. The summed E-state index contributed by atoms with van der Waals surface area (Å²) in [5.74, 6) is 0. The topological polar surface area (TPSA) is 12.0 Å². The van der Waals surface area contributed by atoms with Gasteiger partial charge in [-0.05, 0) is 56.3 Å². The Morgan fingerprint density at radius 2 is 2.36 bits per heavy atom. The van der Waals surface area contributed by atoms with Crippen molar-refractivity contribution in [2.24, 2.45) is 0 Å². The third-order valence-electron chi connectivity index (χ3n) is 2.35. The van der Waals surface area contributed by atoms with E-state index in [0.29, 0.717) is 0 Å². The second kappa shape index (κ2) is 6.10. The van der Waals surface area contributed by atoms with Gasteiger partial charge in [0.1, 0.15) is 0 Å². The van der Waals surface area contributed by atoms with Crippen molar-refractivity contribution in [2.45, 2.75) is 33.1 Å². The summed E-state index contributed by atoms with van der Waals surface area (Å²) in [5.41, 5.74) is 2.92. The number of allylic oxidation sites excluding steroid dienone is 6. The van der Waals surface area contributed by atoms with Crippen LogP contribution in [0.25, 0.3) is 0 Å². The average molecular weight is 209 g/mol. The fourth-order valence-corrected chi connectivity index (χ4v) is 2.51. The van der Waals surface area contributed by atoms with Gasteiger partial charge in [0.05, 0.1) is 0 Å². The lowest BCUT2D eigenvalue weighted by Gasteiger charge is -2.18. The summed E-state index contributed by atoms with van der Waals surface area (Å²) in [6.45, 7) is 4.30. The molecule has 0 aromatic heterocycles. The highest BCUT2D eigenvalue weighted by Gasteiger charge is 2.12. The molecular weight excluding hydrogens is 190 g/mol. The molecule has 14 heavy (non-hydrogen) atoms. The monoisotopic (exact) mass is 209 g/mol. The molecule has 0 unspecified atom stereocenters. The number of nitrogens with one attached hydrogen (secondary N) is 1. The van der Waals surface area contributed by atoms with Crippen LogP contribution in [0.2, 0.25) is 0 Å². The Bertz CT molecular complexity index is 274. The minimum absolute atomic E-state index is 1.13. The van der Waals surface area contributed by atoms with Crippen LogP contribution in [0, 0.1) is 0 Å². The van der Waals surface area contributed by atoms with Gasteiger partial charge >= 0.3 is 0 Å². The first-order valence-corrected chi connectivity index (χ1v) is 6.04. The Kier molecular flexibility index (Phi) is 5.05. The maximum absolute atomic E-state index is 3.17. The molecule has 0 aromatic rings. The van der Waals surface area contributed by atoms with Gasteiger partial charge in [-0.1, -0.05) is 25.2 Å². The predicted octanol–water partition coefficient (Wildman–Crippen LogP) is 3.81. The summed E-state index contributed by atoms with van der Waals surface area (Å²) in [4.78, 5) is 1.48. The maximum Gasteiger partial charge on any atom is 0.00811 e. The van der Waals surface area contributed by atoms with Crippen LogP contribution < -0.4 is 4.72 Å². The number of rotatable bonds is 4. The highest BCUT2D eigenvalue weighted by Crippen LogP contribution is 2.33. The summed E-state index contributed by atoms with van der Waals surface area (Å²) in [6.07, 6.45) is 10.2. The van der Waals surface area contributed by atoms with Crippen LogP contribution in [0.3, 0.4) is 0 Å². The third-order valence-corrected chi connectivity index (χ3v) is 3.22. The van der Waals surface area contributed by atoms with E-state index >= 15 is 0 Å². The van der Waals surface area contributed by atoms with Gasteiger partial charge in [0, 0.05) is 4.91 Å². The molecule has 1 aliphatic rings. The van der Waals surface area contributed by atoms with E-state index in [4.69, 9.17) is 0 Å². The van der Waals surface area contributed by atoms with E-state index in [0.717, 1.165) is 6.42 Å². The lowest BCUT2D eigenvalue weighted by Crippen LogP contribution is -2.01. The summed E-state index contributed by atoms with van der Waals surface area (Å²) < 4.78 is 3.17. The van der Waals surface area contributed by atoms with Gasteiger partial charge < -0.3 is 0 Å².